The van der Waals surface area contributed by atoms with Crippen LogP contribution in [0.1, 0.15) is 106 Å². The molecule has 0 spiro atoms. The first kappa shape index (κ1) is 26.3. The molecule has 5 aliphatic rings. The largest absolute Gasteiger partial charge is 0.481 e. The van der Waals surface area contributed by atoms with E-state index in [1.165, 1.54) is 12.7 Å². The fourth-order valence-corrected chi connectivity index (χ4v) is 10.8. The number of aliphatic carboxylic acids is 1. The lowest BCUT2D eigenvalue weighted by molar-refractivity contribution is -0.206. The summed E-state index contributed by atoms with van der Waals surface area (Å²) in [6.07, 6.45) is 10.7. The minimum atomic E-state index is -0.813. The number of fused-ring (bicyclic) bond motifs is 7. The van der Waals surface area contributed by atoms with Crippen molar-refractivity contribution in [3.8, 4) is 0 Å². The molecule has 4 fully saturated rings. The number of ether oxygens (including phenoxy) is 1. The Labute approximate surface area is 217 Å². The summed E-state index contributed by atoms with van der Waals surface area (Å²) in [5.41, 5.74) is 0.0337. The molecule has 0 aromatic carbocycles. The van der Waals surface area contributed by atoms with Crippen molar-refractivity contribution in [2.45, 2.75) is 112 Å². The van der Waals surface area contributed by atoms with Crippen molar-refractivity contribution < 1.29 is 24.5 Å². The number of carboxylic acid groups (broad SMARTS) is 1. The van der Waals surface area contributed by atoms with Gasteiger partial charge in [-0.3, -0.25) is 9.59 Å². The zero-order chi connectivity index (χ0) is 26.5. The highest BCUT2D eigenvalue weighted by Crippen LogP contribution is 2.75. The van der Waals surface area contributed by atoms with Crippen molar-refractivity contribution in [3.63, 3.8) is 0 Å². The second-order valence-corrected chi connectivity index (χ2v) is 14.9. The summed E-state index contributed by atoms with van der Waals surface area (Å²) in [4.78, 5) is 25.7. The maximum atomic E-state index is 13.4. The fraction of sp³-hybridized carbons (Fsp3) is 0.871. The van der Waals surface area contributed by atoms with Crippen LogP contribution in [-0.4, -0.2) is 35.4 Å². The Balaban J connectivity index is 1.61. The van der Waals surface area contributed by atoms with Crippen molar-refractivity contribution in [2.75, 3.05) is 7.11 Å². The summed E-state index contributed by atoms with van der Waals surface area (Å²) in [7, 11) is 1.49. The Kier molecular flexibility index (Phi) is 5.71. The molecule has 5 heteroatoms. The monoisotopic (exact) mass is 500 g/mol. The van der Waals surface area contributed by atoms with Gasteiger partial charge in [0.2, 0.25) is 0 Å². The van der Waals surface area contributed by atoms with Crippen LogP contribution < -0.4 is 0 Å². The predicted molar refractivity (Wildman–Crippen MR) is 139 cm³/mol. The maximum Gasteiger partial charge on any atom is 0.312 e. The molecule has 5 nitrogen and oxygen atoms in total. The smallest absolute Gasteiger partial charge is 0.312 e. The zero-order valence-electron chi connectivity index (χ0n) is 23.6. The van der Waals surface area contributed by atoms with Gasteiger partial charge in [-0.1, -0.05) is 46.3 Å². The van der Waals surface area contributed by atoms with Crippen LogP contribution in [0.2, 0.25) is 0 Å². The summed E-state index contributed by atoms with van der Waals surface area (Å²) in [5.74, 6) is 0.0440. The molecule has 5 aliphatic carbocycles. The molecular weight excluding hydrogens is 452 g/mol. The molecule has 0 aliphatic heterocycles. The Morgan fingerprint density at radius 1 is 0.917 bits per heavy atom. The van der Waals surface area contributed by atoms with Crippen LogP contribution in [0.5, 0.6) is 0 Å². The fourth-order valence-electron chi connectivity index (χ4n) is 10.8. The predicted octanol–water partition coefficient (Wildman–Crippen LogP) is 6.39. The summed E-state index contributed by atoms with van der Waals surface area (Å²) in [6.45, 7) is 13.9. The SMILES string of the molecule is COC(=O)C12CCC(C)(C(=O)O)CC1C1=CCC3C4(C)CCC(O)C(C)(C)C4CCC3(C)C1(C)CC2. The van der Waals surface area contributed by atoms with Gasteiger partial charge in [-0.25, -0.2) is 0 Å². The molecule has 4 saturated carbocycles. The van der Waals surface area contributed by atoms with Gasteiger partial charge in [0.25, 0.3) is 0 Å². The van der Waals surface area contributed by atoms with Gasteiger partial charge >= 0.3 is 11.9 Å². The molecule has 0 amide bonds. The van der Waals surface area contributed by atoms with Crippen LogP contribution in [0.25, 0.3) is 0 Å². The molecule has 0 radical (unpaired) electrons. The van der Waals surface area contributed by atoms with E-state index in [0.29, 0.717) is 31.1 Å². The van der Waals surface area contributed by atoms with Gasteiger partial charge in [-0.2, -0.15) is 0 Å². The first-order chi connectivity index (χ1) is 16.6. The Morgan fingerprint density at radius 2 is 1.58 bits per heavy atom. The number of rotatable bonds is 2. The molecule has 0 bridgehead atoms. The van der Waals surface area contributed by atoms with Gasteiger partial charge in [-0.15, -0.1) is 0 Å². The molecule has 0 aromatic rings. The van der Waals surface area contributed by atoms with Crippen LogP contribution >= 0.6 is 0 Å². The number of aliphatic hydroxyl groups is 1. The van der Waals surface area contributed by atoms with E-state index < -0.39 is 16.8 Å². The molecule has 9 unspecified atom stereocenters. The second-order valence-electron chi connectivity index (χ2n) is 14.9. The van der Waals surface area contributed by atoms with Gasteiger partial charge in [0.15, 0.2) is 0 Å². The Hall–Kier alpha value is -1.36. The van der Waals surface area contributed by atoms with Crippen LogP contribution in [-0.2, 0) is 14.3 Å². The second kappa shape index (κ2) is 7.83. The third kappa shape index (κ3) is 3.04. The molecule has 9 atom stereocenters. The van der Waals surface area contributed by atoms with E-state index in [1.54, 1.807) is 0 Å². The minimum absolute atomic E-state index is 0.0664. The Morgan fingerprint density at radius 3 is 2.22 bits per heavy atom. The molecule has 36 heavy (non-hydrogen) atoms. The van der Waals surface area contributed by atoms with E-state index in [9.17, 15) is 19.8 Å². The zero-order valence-corrected chi connectivity index (χ0v) is 23.6. The van der Waals surface area contributed by atoms with E-state index in [4.69, 9.17) is 4.74 Å². The number of carbonyl (C=O) groups is 2. The minimum Gasteiger partial charge on any atom is -0.481 e. The third-order valence-electron chi connectivity index (χ3n) is 13.5. The van der Waals surface area contributed by atoms with Crippen LogP contribution in [0, 0.1) is 50.2 Å². The van der Waals surface area contributed by atoms with Crippen molar-refractivity contribution >= 4 is 11.9 Å². The standard InChI is InChI=1S/C31H48O5/c1-26(2)21-10-13-30(6)22(28(21,4)12-11-23(26)32)9-8-19-20-18-27(3,24(33)34)14-16-31(20,25(35)36-7)17-15-29(19,30)5/h8,20-23,32H,9-18H2,1-7H3,(H,33,34). The van der Waals surface area contributed by atoms with E-state index >= 15 is 0 Å². The normalized spacial score (nSPS) is 51.5. The number of hydrogen-bond acceptors (Lipinski definition) is 4. The lowest BCUT2D eigenvalue weighted by Crippen LogP contribution is -2.65. The van der Waals surface area contributed by atoms with Crippen LogP contribution in [0.3, 0.4) is 0 Å². The number of methoxy groups -OCH3 is 1. The Bertz CT molecular complexity index is 999. The lowest BCUT2D eigenvalue weighted by Gasteiger charge is -2.71. The first-order valence-corrected chi connectivity index (χ1v) is 14.3. The van der Waals surface area contributed by atoms with Crippen molar-refractivity contribution in [2.24, 2.45) is 50.2 Å². The molecule has 0 aromatic heterocycles. The van der Waals surface area contributed by atoms with Gasteiger partial charge in [-0.05, 0) is 111 Å². The van der Waals surface area contributed by atoms with Crippen molar-refractivity contribution in [1.29, 1.82) is 0 Å². The molecule has 2 N–H and O–H groups in total. The average molecular weight is 501 g/mol. The molecule has 202 valence electrons. The average Bonchev–Trinajstić information content (AvgIpc) is 2.81. The van der Waals surface area contributed by atoms with Gasteiger partial charge < -0.3 is 14.9 Å². The summed E-state index contributed by atoms with van der Waals surface area (Å²) in [6, 6.07) is 0. The lowest BCUT2D eigenvalue weighted by atomic mass is 9.33. The molecular formula is C31H48O5. The summed E-state index contributed by atoms with van der Waals surface area (Å²) >= 11 is 0. The quantitative estimate of drug-likeness (QED) is 0.339. The maximum absolute atomic E-state index is 13.4. The number of allylic oxidation sites excluding steroid dienone is 2. The number of esters is 1. The topological polar surface area (TPSA) is 83.8 Å². The number of carboxylic acids is 1. The van der Waals surface area contributed by atoms with Gasteiger partial charge in [0.1, 0.15) is 0 Å². The van der Waals surface area contributed by atoms with E-state index in [0.717, 1.165) is 44.9 Å². The van der Waals surface area contributed by atoms with Crippen molar-refractivity contribution in [1.82, 2.24) is 0 Å². The number of aliphatic hydroxyl groups excluding tert-OH is 1. The molecule has 0 saturated heterocycles. The van der Waals surface area contributed by atoms with E-state index in [2.05, 4.69) is 40.7 Å². The highest BCUT2D eigenvalue weighted by molar-refractivity contribution is 5.80. The highest BCUT2D eigenvalue weighted by Gasteiger charge is 2.69. The summed E-state index contributed by atoms with van der Waals surface area (Å²) in [5, 5.41) is 21.1. The number of hydrogen-bond donors (Lipinski definition) is 2. The third-order valence-corrected chi connectivity index (χ3v) is 13.5. The van der Waals surface area contributed by atoms with Gasteiger partial charge in [0, 0.05) is 0 Å². The van der Waals surface area contributed by atoms with Crippen LogP contribution in [0.4, 0.5) is 0 Å². The number of carbonyl (C=O) groups excluding carboxylic acids is 1. The molecule has 5 rings (SSSR count). The van der Waals surface area contributed by atoms with Crippen LogP contribution in [0.15, 0.2) is 11.6 Å². The van der Waals surface area contributed by atoms with Gasteiger partial charge in [0.05, 0.1) is 24.0 Å². The first-order valence-electron chi connectivity index (χ1n) is 14.3. The van der Waals surface area contributed by atoms with E-state index in [1.807, 2.05) is 6.92 Å². The van der Waals surface area contributed by atoms with Crippen molar-refractivity contribution in [3.05, 3.63) is 11.6 Å². The molecule has 0 heterocycles. The van der Waals surface area contributed by atoms with E-state index in [-0.39, 0.29) is 39.7 Å². The highest BCUT2D eigenvalue weighted by atomic mass is 16.5. The summed E-state index contributed by atoms with van der Waals surface area (Å²) < 4.78 is 5.41.